The molecule has 1 aromatic carbocycles. The van der Waals surface area contributed by atoms with Gasteiger partial charge in [0.1, 0.15) is 0 Å². The SMILES string of the molecule is O=C(N/N=C\c1cccc(Cl)c1)C1C2CCCCC21. The number of rotatable bonds is 3. The summed E-state index contributed by atoms with van der Waals surface area (Å²) in [6.45, 7) is 0. The third-order valence-electron chi connectivity index (χ3n) is 4.20. The minimum Gasteiger partial charge on any atom is -0.273 e. The molecular formula is C15H17ClN2O. The molecule has 2 unspecified atom stereocenters. The number of nitrogens with one attached hydrogen (secondary N) is 1. The minimum absolute atomic E-state index is 0.0789. The molecule has 1 amide bonds. The van der Waals surface area contributed by atoms with Crippen molar-refractivity contribution in [2.45, 2.75) is 25.7 Å². The van der Waals surface area contributed by atoms with Crippen molar-refractivity contribution < 1.29 is 4.79 Å². The summed E-state index contributed by atoms with van der Waals surface area (Å²) in [5, 5.41) is 4.69. The van der Waals surface area contributed by atoms with Gasteiger partial charge < -0.3 is 0 Å². The average Bonchev–Trinajstić information content (AvgIpc) is 3.13. The topological polar surface area (TPSA) is 41.5 Å². The Morgan fingerprint density at radius 3 is 2.74 bits per heavy atom. The third kappa shape index (κ3) is 2.81. The van der Waals surface area contributed by atoms with Crippen molar-refractivity contribution in [3.8, 4) is 0 Å². The van der Waals surface area contributed by atoms with Crippen molar-refractivity contribution in [1.29, 1.82) is 0 Å². The summed E-state index contributed by atoms with van der Waals surface area (Å²) < 4.78 is 0. The summed E-state index contributed by atoms with van der Waals surface area (Å²) in [5.41, 5.74) is 3.55. The molecule has 0 heterocycles. The van der Waals surface area contributed by atoms with Crippen LogP contribution in [-0.4, -0.2) is 12.1 Å². The van der Waals surface area contributed by atoms with Crippen LogP contribution in [0.3, 0.4) is 0 Å². The van der Waals surface area contributed by atoms with E-state index in [1.807, 2.05) is 24.3 Å². The first-order chi connectivity index (χ1) is 9.25. The zero-order chi connectivity index (χ0) is 13.2. The largest absolute Gasteiger partial charge is 0.273 e. The van der Waals surface area contributed by atoms with Gasteiger partial charge >= 0.3 is 0 Å². The number of nitrogens with zero attached hydrogens (tertiary/aromatic N) is 1. The smallest absolute Gasteiger partial charge is 0.243 e. The fourth-order valence-corrected chi connectivity index (χ4v) is 3.41. The van der Waals surface area contributed by atoms with E-state index in [4.69, 9.17) is 11.6 Å². The molecule has 3 rings (SSSR count). The Labute approximate surface area is 118 Å². The molecule has 0 bridgehead atoms. The lowest BCUT2D eigenvalue weighted by Crippen LogP contribution is -2.20. The molecule has 2 aliphatic rings. The summed E-state index contributed by atoms with van der Waals surface area (Å²) in [6.07, 6.45) is 6.60. The summed E-state index contributed by atoms with van der Waals surface area (Å²) in [6, 6.07) is 7.39. The highest BCUT2D eigenvalue weighted by molar-refractivity contribution is 6.30. The molecule has 4 heteroatoms. The van der Waals surface area contributed by atoms with E-state index in [-0.39, 0.29) is 11.8 Å². The van der Waals surface area contributed by atoms with Crippen molar-refractivity contribution in [2.24, 2.45) is 22.9 Å². The molecule has 2 fully saturated rings. The average molecular weight is 277 g/mol. The molecule has 1 N–H and O–H groups in total. The molecule has 0 aliphatic heterocycles. The Hall–Kier alpha value is -1.35. The van der Waals surface area contributed by atoms with Crippen LogP contribution in [0.1, 0.15) is 31.2 Å². The van der Waals surface area contributed by atoms with Gasteiger partial charge in [-0.15, -0.1) is 0 Å². The van der Waals surface area contributed by atoms with Gasteiger partial charge in [-0.3, -0.25) is 4.79 Å². The quantitative estimate of drug-likeness (QED) is 0.668. The van der Waals surface area contributed by atoms with Crippen LogP contribution in [0, 0.1) is 17.8 Å². The van der Waals surface area contributed by atoms with Crippen LogP contribution in [-0.2, 0) is 4.79 Å². The van der Waals surface area contributed by atoms with E-state index in [0.717, 1.165) is 5.56 Å². The van der Waals surface area contributed by atoms with E-state index >= 15 is 0 Å². The van der Waals surface area contributed by atoms with Crippen molar-refractivity contribution in [2.75, 3.05) is 0 Å². The molecule has 2 saturated carbocycles. The van der Waals surface area contributed by atoms with Gasteiger partial charge in [-0.25, -0.2) is 5.43 Å². The molecule has 19 heavy (non-hydrogen) atoms. The molecule has 100 valence electrons. The van der Waals surface area contributed by atoms with Gasteiger partial charge in [0.25, 0.3) is 0 Å². The highest BCUT2D eigenvalue weighted by Crippen LogP contribution is 2.55. The number of fused-ring (bicyclic) bond motifs is 1. The van der Waals surface area contributed by atoms with Gasteiger partial charge in [0.2, 0.25) is 5.91 Å². The second-order valence-corrected chi connectivity index (χ2v) is 5.86. The maximum Gasteiger partial charge on any atom is 0.243 e. The Kier molecular flexibility index (Phi) is 3.56. The fourth-order valence-electron chi connectivity index (χ4n) is 3.21. The van der Waals surface area contributed by atoms with Gasteiger partial charge in [-0.1, -0.05) is 36.6 Å². The lowest BCUT2D eigenvalue weighted by atomic mass is 10.0. The fraction of sp³-hybridized carbons (Fsp3) is 0.467. The number of hydrogen-bond acceptors (Lipinski definition) is 2. The van der Waals surface area contributed by atoms with Crippen LogP contribution in [0.15, 0.2) is 29.4 Å². The van der Waals surface area contributed by atoms with E-state index < -0.39 is 0 Å². The molecule has 1 aromatic rings. The Balaban J connectivity index is 1.54. The van der Waals surface area contributed by atoms with Gasteiger partial charge in [-0.2, -0.15) is 5.10 Å². The molecule has 2 atom stereocenters. The zero-order valence-electron chi connectivity index (χ0n) is 10.7. The van der Waals surface area contributed by atoms with Crippen LogP contribution in [0.2, 0.25) is 5.02 Å². The normalized spacial score (nSPS) is 29.0. The van der Waals surface area contributed by atoms with Crippen LogP contribution in [0.25, 0.3) is 0 Å². The molecule has 0 aromatic heterocycles. The lowest BCUT2D eigenvalue weighted by molar-refractivity contribution is -0.122. The first-order valence-corrected chi connectivity index (χ1v) is 7.22. The van der Waals surface area contributed by atoms with Gasteiger partial charge in [0, 0.05) is 10.9 Å². The molecule has 0 spiro atoms. The number of halogens is 1. The standard InChI is InChI=1S/C15H17ClN2O/c16-11-5-3-4-10(8-11)9-17-18-15(19)14-12-6-1-2-7-13(12)14/h3-5,8-9,12-14H,1-2,6-7H2,(H,18,19)/b17-9-. The molecular weight excluding hydrogens is 260 g/mol. The third-order valence-corrected chi connectivity index (χ3v) is 4.43. The second kappa shape index (κ2) is 5.33. The van der Waals surface area contributed by atoms with Crippen molar-refractivity contribution in [3.63, 3.8) is 0 Å². The van der Waals surface area contributed by atoms with Gasteiger partial charge in [-0.05, 0) is 42.4 Å². The van der Waals surface area contributed by atoms with Crippen LogP contribution < -0.4 is 5.43 Å². The summed E-state index contributed by atoms with van der Waals surface area (Å²) in [4.78, 5) is 12.0. The number of carbonyl (C=O) groups is 1. The van der Waals surface area contributed by atoms with Gasteiger partial charge in [0.05, 0.1) is 6.21 Å². The predicted molar refractivity (Wildman–Crippen MR) is 76.1 cm³/mol. The zero-order valence-corrected chi connectivity index (χ0v) is 11.4. The second-order valence-electron chi connectivity index (χ2n) is 5.43. The Morgan fingerprint density at radius 1 is 1.32 bits per heavy atom. The minimum atomic E-state index is 0.0789. The van der Waals surface area contributed by atoms with Crippen LogP contribution in [0.5, 0.6) is 0 Å². The maximum absolute atomic E-state index is 12.0. The number of amides is 1. The van der Waals surface area contributed by atoms with Gasteiger partial charge in [0.15, 0.2) is 0 Å². The molecule has 0 saturated heterocycles. The van der Waals surface area contributed by atoms with Crippen molar-refractivity contribution in [3.05, 3.63) is 34.9 Å². The van der Waals surface area contributed by atoms with Crippen molar-refractivity contribution >= 4 is 23.7 Å². The monoisotopic (exact) mass is 276 g/mol. The number of hydrogen-bond donors (Lipinski definition) is 1. The van der Waals surface area contributed by atoms with E-state index in [2.05, 4.69) is 10.5 Å². The highest BCUT2D eigenvalue weighted by atomic mass is 35.5. The molecule has 2 aliphatic carbocycles. The number of hydrazone groups is 1. The predicted octanol–water partition coefficient (Wildman–Crippen LogP) is 3.23. The van der Waals surface area contributed by atoms with E-state index in [0.29, 0.717) is 16.9 Å². The van der Waals surface area contributed by atoms with Crippen LogP contribution >= 0.6 is 11.6 Å². The maximum atomic E-state index is 12.0. The summed E-state index contributed by atoms with van der Waals surface area (Å²) >= 11 is 5.88. The number of benzene rings is 1. The highest BCUT2D eigenvalue weighted by Gasteiger charge is 2.54. The number of carbonyl (C=O) groups excluding carboxylic acids is 1. The molecule has 3 nitrogen and oxygen atoms in total. The van der Waals surface area contributed by atoms with Crippen molar-refractivity contribution in [1.82, 2.24) is 5.43 Å². The van der Waals surface area contributed by atoms with E-state index in [9.17, 15) is 4.79 Å². The van der Waals surface area contributed by atoms with Crippen LogP contribution in [0.4, 0.5) is 0 Å². The summed E-state index contributed by atoms with van der Waals surface area (Å²) in [7, 11) is 0. The first-order valence-electron chi connectivity index (χ1n) is 6.84. The lowest BCUT2D eigenvalue weighted by Gasteiger charge is -2.04. The van der Waals surface area contributed by atoms with E-state index in [1.165, 1.54) is 25.7 Å². The Bertz CT molecular complexity index is 503. The first kappa shape index (κ1) is 12.7. The summed E-state index contributed by atoms with van der Waals surface area (Å²) in [5.74, 6) is 1.53. The van der Waals surface area contributed by atoms with E-state index in [1.54, 1.807) is 6.21 Å². The molecule has 0 radical (unpaired) electrons. The Morgan fingerprint density at radius 2 is 2.05 bits per heavy atom.